The fourth-order valence-corrected chi connectivity index (χ4v) is 3.58. The second-order valence-electron chi connectivity index (χ2n) is 4.53. The third-order valence-corrected chi connectivity index (χ3v) is 4.62. The summed E-state index contributed by atoms with van der Waals surface area (Å²) in [5, 5.41) is 14.2. The molecular weight excluding hydrogens is 288 g/mol. The van der Waals surface area contributed by atoms with Gasteiger partial charge in [0.05, 0.1) is 0 Å². The van der Waals surface area contributed by atoms with E-state index in [1.54, 1.807) is 11.3 Å². The van der Waals surface area contributed by atoms with Gasteiger partial charge in [0.2, 0.25) is 0 Å². The smallest absolute Gasteiger partial charge is 0.148 e. The second kappa shape index (κ2) is 4.54. The molecule has 0 aliphatic rings. The van der Waals surface area contributed by atoms with Crippen LogP contribution in [0.2, 0.25) is 5.15 Å². The summed E-state index contributed by atoms with van der Waals surface area (Å²) in [5.41, 5.74) is 2.01. The van der Waals surface area contributed by atoms with Crippen LogP contribution in [0.3, 0.4) is 0 Å². The van der Waals surface area contributed by atoms with Crippen LogP contribution < -0.4 is 0 Å². The lowest BCUT2D eigenvalue weighted by atomic mass is 10.0. The zero-order valence-corrected chi connectivity index (χ0v) is 11.9. The summed E-state index contributed by atoms with van der Waals surface area (Å²) >= 11 is 7.86. The van der Waals surface area contributed by atoms with Crippen LogP contribution in [0.1, 0.15) is 0 Å². The monoisotopic (exact) mass is 296 g/mol. The molecule has 2 heterocycles. The number of thiophene rings is 1. The maximum atomic E-state index is 6.14. The van der Waals surface area contributed by atoms with Crippen molar-refractivity contribution in [2.24, 2.45) is 0 Å². The quantitative estimate of drug-likeness (QED) is 0.484. The molecule has 96 valence electrons. The Kier molecular flexibility index (Phi) is 2.69. The Morgan fingerprint density at radius 1 is 0.800 bits per heavy atom. The Morgan fingerprint density at radius 3 is 2.35 bits per heavy atom. The summed E-state index contributed by atoms with van der Waals surface area (Å²) in [6, 6.07) is 16.3. The average Bonchev–Trinajstić information content (AvgIpc) is 2.92. The molecule has 0 aliphatic carbocycles. The second-order valence-corrected chi connectivity index (χ2v) is 5.80. The van der Waals surface area contributed by atoms with Gasteiger partial charge in [-0.05, 0) is 6.07 Å². The number of aromatic nitrogens is 2. The van der Waals surface area contributed by atoms with Gasteiger partial charge < -0.3 is 0 Å². The molecule has 0 radical (unpaired) electrons. The molecule has 0 saturated heterocycles. The molecule has 0 aliphatic heterocycles. The van der Waals surface area contributed by atoms with Gasteiger partial charge in [-0.15, -0.1) is 21.5 Å². The van der Waals surface area contributed by atoms with Gasteiger partial charge in [-0.3, -0.25) is 0 Å². The van der Waals surface area contributed by atoms with E-state index in [-0.39, 0.29) is 0 Å². The molecule has 0 atom stereocenters. The van der Waals surface area contributed by atoms with Crippen LogP contribution >= 0.6 is 22.9 Å². The molecule has 0 amide bonds. The van der Waals surface area contributed by atoms with E-state index >= 15 is 0 Å². The minimum atomic E-state index is 0.448. The highest BCUT2D eigenvalue weighted by Crippen LogP contribution is 2.36. The maximum absolute atomic E-state index is 6.14. The van der Waals surface area contributed by atoms with Gasteiger partial charge in [-0.1, -0.05) is 54.1 Å². The van der Waals surface area contributed by atoms with E-state index in [1.165, 1.54) is 10.1 Å². The van der Waals surface area contributed by atoms with E-state index in [9.17, 15) is 0 Å². The van der Waals surface area contributed by atoms with Crippen LogP contribution in [0, 0.1) is 0 Å². The minimum absolute atomic E-state index is 0.448. The molecule has 4 heteroatoms. The highest BCUT2D eigenvalue weighted by atomic mass is 35.5. The van der Waals surface area contributed by atoms with Gasteiger partial charge in [-0.2, -0.15) is 0 Å². The lowest BCUT2D eigenvalue weighted by molar-refractivity contribution is 1.06. The van der Waals surface area contributed by atoms with Crippen molar-refractivity contribution in [3.8, 4) is 11.3 Å². The van der Waals surface area contributed by atoms with Crippen molar-refractivity contribution in [1.82, 2.24) is 10.2 Å². The van der Waals surface area contributed by atoms with Crippen LogP contribution in [0.4, 0.5) is 0 Å². The maximum Gasteiger partial charge on any atom is 0.159 e. The molecule has 0 unspecified atom stereocenters. The van der Waals surface area contributed by atoms with Gasteiger partial charge >= 0.3 is 0 Å². The number of nitrogens with zero attached hydrogens (tertiary/aromatic N) is 2. The van der Waals surface area contributed by atoms with Gasteiger partial charge in [0.25, 0.3) is 0 Å². The number of rotatable bonds is 1. The van der Waals surface area contributed by atoms with Crippen LogP contribution in [-0.2, 0) is 0 Å². The van der Waals surface area contributed by atoms with Crippen molar-refractivity contribution >= 4 is 43.8 Å². The summed E-state index contributed by atoms with van der Waals surface area (Å²) in [7, 11) is 0. The molecule has 4 aromatic rings. The number of fused-ring (bicyclic) bond motifs is 2. The molecular formula is C16H9ClN2S. The molecule has 0 spiro atoms. The molecule has 0 bridgehead atoms. The predicted molar refractivity (Wildman–Crippen MR) is 85.4 cm³/mol. The summed E-state index contributed by atoms with van der Waals surface area (Å²) in [6.45, 7) is 0. The zero-order valence-electron chi connectivity index (χ0n) is 10.4. The van der Waals surface area contributed by atoms with Crippen LogP contribution in [0.15, 0.2) is 53.9 Å². The van der Waals surface area contributed by atoms with Gasteiger partial charge in [0, 0.05) is 31.8 Å². The largest absolute Gasteiger partial charge is 0.159 e. The van der Waals surface area contributed by atoms with Crippen molar-refractivity contribution in [3.05, 3.63) is 59.1 Å². The fourth-order valence-electron chi connectivity index (χ4n) is 2.43. The first-order valence-corrected chi connectivity index (χ1v) is 7.48. The molecule has 2 nitrogen and oxygen atoms in total. The fraction of sp³-hybridized carbons (Fsp3) is 0. The van der Waals surface area contributed by atoms with E-state index in [0.29, 0.717) is 5.15 Å². The Labute approximate surface area is 124 Å². The lowest BCUT2D eigenvalue weighted by Gasteiger charge is -2.05. The summed E-state index contributed by atoms with van der Waals surface area (Å²) in [4.78, 5) is 0. The van der Waals surface area contributed by atoms with Crippen molar-refractivity contribution in [2.45, 2.75) is 0 Å². The molecule has 0 saturated carbocycles. The lowest BCUT2D eigenvalue weighted by Crippen LogP contribution is -1.90. The summed E-state index contributed by atoms with van der Waals surface area (Å²) < 4.78 is 1.25. The normalized spacial score (nSPS) is 11.2. The topological polar surface area (TPSA) is 25.8 Å². The molecule has 20 heavy (non-hydrogen) atoms. The van der Waals surface area contributed by atoms with Crippen LogP contribution in [-0.4, -0.2) is 10.2 Å². The Morgan fingerprint density at radius 2 is 1.50 bits per heavy atom. The molecule has 2 aromatic carbocycles. The number of benzene rings is 2. The zero-order chi connectivity index (χ0) is 13.5. The third kappa shape index (κ3) is 1.71. The van der Waals surface area contributed by atoms with Crippen molar-refractivity contribution in [2.75, 3.05) is 0 Å². The Balaban J connectivity index is 2.10. The highest BCUT2D eigenvalue weighted by molar-refractivity contribution is 7.17. The number of hydrogen-bond donors (Lipinski definition) is 0. The third-order valence-electron chi connectivity index (χ3n) is 3.38. The number of halogens is 1. The standard InChI is InChI=1S/C16H9ClN2S/c17-16-12-7-2-1-6-11(12)15(18-19-16)13-9-20-14-8-4-3-5-10(13)14/h1-9H. The van der Waals surface area contributed by atoms with Gasteiger partial charge in [-0.25, -0.2) is 0 Å². The first-order chi connectivity index (χ1) is 9.84. The van der Waals surface area contributed by atoms with Crippen LogP contribution in [0.5, 0.6) is 0 Å². The minimum Gasteiger partial charge on any atom is -0.148 e. The number of hydrogen-bond acceptors (Lipinski definition) is 3. The molecule has 2 aromatic heterocycles. The molecule has 0 N–H and O–H groups in total. The van der Waals surface area contributed by atoms with Crippen molar-refractivity contribution in [3.63, 3.8) is 0 Å². The Hall–Kier alpha value is -1.97. The van der Waals surface area contributed by atoms with E-state index in [2.05, 4.69) is 27.7 Å². The van der Waals surface area contributed by atoms with Crippen LogP contribution in [0.25, 0.3) is 32.1 Å². The highest BCUT2D eigenvalue weighted by Gasteiger charge is 2.13. The van der Waals surface area contributed by atoms with E-state index in [4.69, 9.17) is 11.6 Å². The van der Waals surface area contributed by atoms with Crippen molar-refractivity contribution < 1.29 is 0 Å². The van der Waals surface area contributed by atoms with E-state index in [0.717, 1.165) is 22.0 Å². The average molecular weight is 297 g/mol. The Bertz CT molecular complexity index is 930. The van der Waals surface area contributed by atoms with Crippen molar-refractivity contribution in [1.29, 1.82) is 0 Å². The molecule has 4 rings (SSSR count). The summed E-state index contributed by atoms with van der Waals surface area (Å²) in [5.74, 6) is 0. The van der Waals surface area contributed by atoms with Gasteiger partial charge in [0.1, 0.15) is 5.69 Å². The molecule has 0 fully saturated rings. The SMILES string of the molecule is Clc1nnc(-c2csc3ccccc23)c2ccccc12. The first-order valence-electron chi connectivity index (χ1n) is 6.22. The van der Waals surface area contributed by atoms with E-state index < -0.39 is 0 Å². The summed E-state index contributed by atoms with van der Waals surface area (Å²) in [6.07, 6.45) is 0. The van der Waals surface area contributed by atoms with E-state index in [1.807, 2.05) is 36.4 Å². The van der Waals surface area contributed by atoms with Gasteiger partial charge in [0.15, 0.2) is 5.15 Å². The predicted octanol–water partition coefficient (Wildman–Crippen LogP) is 5.16. The first kappa shape index (κ1) is 11.8.